The number of rotatable bonds is 4. The lowest BCUT2D eigenvalue weighted by Gasteiger charge is -2.08. The molecule has 0 unspecified atom stereocenters. The first-order valence-corrected chi connectivity index (χ1v) is 7.38. The topological polar surface area (TPSA) is 117 Å². The van der Waals surface area contributed by atoms with Gasteiger partial charge in [-0.05, 0) is 42.8 Å². The molecule has 1 amide bonds. The van der Waals surface area contributed by atoms with Crippen molar-refractivity contribution in [3.05, 3.63) is 58.8 Å². The second kappa shape index (κ2) is 7.40. The fraction of sp³-hybridized carbons (Fsp3) is 0.0588. The average Bonchev–Trinajstić information content (AvgIpc) is 2.53. The Hall–Kier alpha value is -3.17. The highest BCUT2D eigenvalue weighted by Crippen LogP contribution is 2.23. The smallest absolute Gasteiger partial charge is 0.267 e. The molecule has 0 saturated carbocycles. The van der Waals surface area contributed by atoms with Crippen LogP contribution in [0.3, 0.4) is 0 Å². The van der Waals surface area contributed by atoms with Crippen LogP contribution in [-0.4, -0.2) is 5.91 Å². The zero-order valence-corrected chi connectivity index (χ0v) is 13.7. The highest BCUT2D eigenvalue weighted by atomic mass is 35.5. The van der Waals surface area contributed by atoms with E-state index in [0.717, 1.165) is 5.56 Å². The van der Waals surface area contributed by atoms with Crippen LogP contribution in [0.1, 0.15) is 5.56 Å². The standard InChI is InChI=1S/C17H16ClN5O/c1-10-2-5-16(15(21)6-10)22-9-11(8-19)17(24)23-12-3-4-14(20)13(18)7-12/h2-7,9,22H,20-21H2,1H3,(H,23,24)/b11-9-. The van der Waals surface area contributed by atoms with Gasteiger partial charge in [-0.1, -0.05) is 17.7 Å². The van der Waals surface area contributed by atoms with Gasteiger partial charge in [-0.2, -0.15) is 5.26 Å². The van der Waals surface area contributed by atoms with Crippen molar-refractivity contribution in [2.24, 2.45) is 0 Å². The van der Waals surface area contributed by atoms with E-state index in [1.54, 1.807) is 24.3 Å². The summed E-state index contributed by atoms with van der Waals surface area (Å²) >= 11 is 5.90. The Morgan fingerprint density at radius 3 is 2.58 bits per heavy atom. The normalized spacial score (nSPS) is 10.8. The number of amides is 1. The van der Waals surface area contributed by atoms with E-state index in [1.165, 1.54) is 12.3 Å². The molecule has 2 aromatic carbocycles. The maximum Gasteiger partial charge on any atom is 0.267 e. The van der Waals surface area contributed by atoms with E-state index in [-0.39, 0.29) is 5.57 Å². The van der Waals surface area contributed by atoms with Crippen LogP contribution in [0, 0.1) is 18.3 Å². The van der Waals surface area contributed by atoms with E-state index in [0.29, 0.717) is 27.8 Å². The number of nitrogens with one attached hydrogen (secondary N) is 2. The maximum absolute atomic E-state index is 12.2. The number of aryl methyl sites for hydroxylation is 1. The lowest BCUT2D eigenvalue weighted by molar-refractivity contribution is -0.112. The van der Waals surface area contributed by atoms with Crippen molar-refractivity contribution in [2.75, 3.05) is 22.1 Å². The van der Waals surface area contributed by atoms with Crippen LogP contribution in [0.15, 0.2) is 48.2 Å². The first-order chi connectivity index (χ1) is 11.4. The number of halogens is 1. The summed E-state index contributed by atoms with van der Waals surface area (Å²) in [6.45, 7) is 1.92. The fourth-order valence-corrected chi connectivity index (χ4v) is 2.10. The zero-order valence-electron chi connectivity index (χ0n) is 12.9. The summed E-state index contributed by atoms with van der Waals surface area (Å²) in [5.41, 5.74) is 14.4. The molecule has 6 nitrogen and oxygen atoms in total. The van der Waals surface area contributed by atoms with Gasteiger partial charge < -0.3 is 22.1 Å². The average molecular weight is 342 g/mol. The molecule has 0 aromatic heterocycles. The van der Waals surface area contributed by atoms with Crippen LogP contribution < -0.4 is 22.1 Å². The summed E-state index contributed by atoms with van der Waals surface area (Å²) in [6, 6.07) is 11.9. The Bertz CT molecular complexity index is 855. The molecule has 0 saturated heterocycles. The molecule has 0 aliphatic rings. The Balaban J connectivity index is 2.13. The van der Waals surface area contributed by atoms with Gasteiger partial charge in [0.05, 0.1) is 22.1 Å². The largest absolute Gasteiger partial charge is 0.398 e. The number of benzene rings is 2. The first-order valence-electron chi connectivity index (χ1n) is 7.00. The summed E-state index contributed by atoms with van der Waals surface area (Å²) in [6.07, 6.45) is 1.30. The van der Waals surface area contributed by atoms with Gasteiger partial charge in [0.25, 0.3) is 5.91 Å². The van der Waals surface area contributed by atoms with E-state index in [1.807, 2.05) is 19.1 Å². The molecule has 0 fully saturated rings. The number of nitrogen functional groups attached to an aromatic ring is 2. The summed E-state index contributed by atoms with van der Waals surface area (Å²) in [7, 11) is 0. The molecule has 0 aliphatic heterocycles. The quantitative estimate of drug-likeness (QED) is 0.387. The van der Waals surface area contributed by atoms with Crippen LogP contribution >= 0.6 is 11.6 Å². The van der Waals surface area contributed by atoms with Gasteiger partial charge in [0.15, 0.2) is 0 Å². The number of nitriles is 1. The van der Waals surface area contributed by atoms with Gasteiger partial charge >= 0.3 is 0 Å². The molecule has 24 heavy (non-hydrogen) atoms. The van der Waals surface area contributed by atoms with Gasteiger partial charge in [0, 0.05) is 11.9 Å². The van der Waals surface area contributed by atoms with Crippen molar-refractivity contribution < 1.29 is 4.79 Å². The maximum atomic E-state index is 12.2. The van der Waals surface area contributed by atoms with E-state index >= 15 is 0 Å². The van der Waals surface area contributed by atoms with Crippen LogP contribution in [-0.2, 0) is 4.79 Å². The minimum absolute atomic E-state index is 0.108. The fourth-order valence-electron chi connectivity index (χ4n) is 1.92. The Morgan fingerprint density at radius 1 is 1.21 bits per heavy atom. The molecule has 0 atom stereocenters. The van der Waals surface area contributed by atoms with Crippen molar-refractivity contribution in [1.82, 2.24) is 0 Å². The Morgan fingerprint density at radius 2 is 1.96 bits per heavy atom. The molecule has 0 radical (unpaired) electrons. The summed E-state index contributed by atoms with van der Waals surface area (Å²) < 4.78 is 0. The number of carbonyl (C=O) groups is 1. The van der Waals surface area contributed by atoms with E-state index in [4.69, 9.17) is 28.3 Å². The van der Waals surface area contributed by atoms with Gasteiger partial charge in [-0.25, -0.2) is 0 Å². The number of carbonyl (C=O) groups excluding carboxylic acids is 1. The van der Waals surface area contributed by atoms with Crippen molar-refractivity contribution in [3.8, 4) is 6.07 Å². The summed E-state index contributed by atoms with van der Waals surface area (Å²) in [5, 5.41) is 14.9. The van der Waals surface area contributed by atoms with Gasteiger partial charge in [-0.3, -0.25) is 4.79 Å². The number of hydrogen-bond donors (Lipinski definition) is 4. The monoisotopic (exact) mass is 341 g/mol. The zero-order chi connectivity index (χ0) is 17.7. The van der Waals surface area contributed by atoms with E-state index in [9.17, 15) is 4.79 Å². The molecule has 0 bridgehead atoms. The second-order valence-corrected chi connectivity index (χ2v) is 5.50. The van der Waals surface area contributed by atoms with Gasteiger partial charge in [-0.15, -0.1) is 0 Å². The second-order valence-electron chi connectivity index (χ2n) is 5.10. The Kier molecular flexibility index (Phi) is 5.30. The Labute approximate surface area is 144 Å². The molecule has 6 N–H and O–H groups in total. The molecule has 0 heterocycles. The van der Waals surface area contributed by atoms with E-state index in [2.05, 4.69) is 10.6 Å². The van der Waals surface area contributed by atoms with Crippen molar-refractivity contribution >= 4 is 40.3 Å². The number of nitrogens with zero attached hydrogens (tertiary/aromatic N) is 1. The molecule has 2 aromatic rings. The predicted molar refractivity (Wildman–Crippen MR) is 97.4 cm³/mol. The highest BCUT2D eigenvalue weighted by Gasteiger charge is 2.10. The van der Waals surface area contributed by atoms with Crippen LogP contribution in [0.2, 0.25) is 5.02 Å². The summed E-state index contributed by atoms with van der Waals surface area (Å²) in [5.74, 6) is -0.573. The first kappa shape index (κ1) is 17.2. The van der Waals surface area contributed by atoms with Crippen molar-refractivity contribution in [2.45, 2.75) is 6.92 Å². The molecule has 0 spiro atoms. The lowest BCUT2D eigenvalue weighted by Crippen LogP contribution is -2.14. The number of anilines is 4. The van der Waals surface area contributed by atoms with Gasteiger partial charge in [0.1, 0.15) is 11.6 Å². The summed E-state index contributed by atoms with van der Waals surface area (Å²) in [4.78, 5) is 12.2. The highest BCUT2D eigenvalue weighted by molar-refractivity contribution is 6.33. The molecule has 2 rings (SSSR count). The van der Waals surface area contributed by atoms with Gasteiger partial charge in [0.2, 0.25) is 0 Å². The van der Waals surface area contributed by atoms with Crippen LogP contribution in [0.4, 0.5) is 22.7 Å². The molecular formula is C17H16ClN5O. The minimum atomic E-state index is -0.573. The predicted octanol–water partition coefficient (Wildman–Crippen LogP) is 3.27. The lowest BCUT2D eigenvalue weighted by atomic mass is 10.2. The third kappa shape index (κ3) is 4.18. The van der Waals surface area contributed by atoms with Crippen molar-refractivity contribution in [3.63, 3.8) is 0 Å². The minimum Gasteiger partial charge on any atom is -0.398 e. The third-order valence-electron chi connectivity index (χ3n) is 3.20. The molecular weight excluding hydrogens is 326 g/mol. The third-order valence-corrected chi connectivity index (χ3v) is 3.53. The van der Waals surface area contributed by atoms with Crippen molar-refractivity contribution in [1.29, 1.82) is 5.26 Å². The van der Waals surface area contributed by atoms with E-state index < -0.39 is 5.91 Å². The molecule has 122 valence electrons. The number of hydrogen-bond acceptors (Lipinski definition) is 5. The van der Waals surface area contributed by atoms with Crippen LogP contribution in [0.5, 0.6) is 0 Å². The van der Waals surface area contributed by atoms with Crippen LogP contribution in [0.25, 0.3) is 0 Å². The molecule has 7 heteroatoms. The number of nitrogens with two attached hydrogens (primary N) is 2. The molecule has 0 aliphatic carbocycles. The SMILES string of the molecule is Cc1ccc(N/C=C(/C#N)C(=O)Nc2ccc(N)c(Cl)c2)c(N)c1.